The van der Waals surface area contributed by atoms with Crippen molar-refractivity contribution in [2.24, 2.45) is 5.92 Å². The Balaban J connectivity index is 1.39. The summed E-state index contributed by atoms with van der Waals surface area (Å²) in [6, 6.07) is 9.81. The topological polar surface area (TPSA) is 173 Å². The number of benzene rings is 2. The third-order valence-electron chi connectivity index (χ3n) is 6.61. The van der Waals surface area contributed by atoms with Gasteiger partial charge in [0.25, 0.3) is 0 Å². The lowest BCUT2D eigenvalue weighted by Crippen LogP contribution is -2.42. The molecule has 0 saturated carbocycles. The highest BCUT2D eigenvalue weighted by Gasteiger charge is 2.30. The monoisotopic (exact) mass is 617 g/mol. The minimum atomic E-state index is -3.98. The predicted molar refractivity (Wildman–Crippen MR) is 153 cm³/mol. The maximum atomic E-state index is 13.6. The standard InChI is InChI=1S/C28H35N5O9S/c1-20(2)17-32(43(38,39)24-7-8-25-26(16-24)41-19-40-25)12-9-22(33(37)28(35)36)15-21-3-5-23(6-4-21)42-27(34)30-11-14-31-13-10-29-18-31/h3-8,10,13,16,18,20,22,37H,9,11-12,14-15,17,19H2,1-2H3,(H,30,34)(H,35,36). The maximum Gasteiger partial charge on any atom is 0.431 e. The van der Waals surface area contributed by atoms with E-state index in [0.717, 1.165) is 0 Å². The molecule has 1 unspecified atom stereocenters. The first-order chi connectivity index (χ1) is 20.5. The summed E-state index contributed by atoms with van der Waals surface area (Å²) in [7, 11) is -3.98. The van der Waals surface area contributed by atoms with E-state index in [2.05, 4.69) is 10.3 Å². The second-order valence-electron chi connectivity index (χ2n) is 10.3. The number of rotatable bonds is 14. The number of imidazole rings is 1. The van der Waals surface area contributed by atoms with Gasteiger partial charge in [0.1, 0.15) is 5.75 Å². The average molecular weight is 618 g/mol. The minimum Gasteiger partial charge on any atom is -0.463 e. The number of sulfonamides is 1. The quantitative estimate of drug-likeness (QED) is 0.180. The molecule has 14 nitrogen and oxygen atoms in total. The van der Waals surface area contributed by atoms with Crippen LogP contribution in [0, 0.1) is 5.92 Å². The van der Waals surface area contributed by atoms with E-state index in [4.69, 9.17) is 14.2 Å². The molecule has 2 heterocycles. The SMILES string of the molecule is CC(C)CN(CCC(Cc1ccc(OC(=O)NCCn2ccnc2)cc1)N(O)C(=O)O)S(=O)(=O)c1ccc2c(c1)OCO2. The number of aromatic nitrogens is 2. The van der Waals surface area contributed by atoms with Crippen molar-refractivity contribution in [2.75, 3.05) is 26.4 Å². The number of hydrogen-bond donors (Lipinski definition) is 3. The van der Waals surface area contributed by atoms with Crippen LogP contribution < -0.4 is 19.5 Å². The summed E-state index contributed by atoms with van der Waals surface area (Å²) in [5, 5.41) is 22.7. The summed E-state index contributed by atoms with van der Waals surface area (Å²) in [6.45, 7) is 4.75. The van der Waals surface area contributed by atoms with Crippen LogP contribution in [0.15, 0.2) is 66.1 Å². The highest BCUT2D eigenvalue weighted by atomic mass is 32.2. The van der Waals surface area contributed by atoms with Crippen molar-refractivity contribution in [3.63, 3.8) is 0 Å². The number of hydrogen-bond acceptors (Lipinski definition) is 9. The third-order valence-corrected chi connectivity index (χ3v) is 8.47. The highest BCUT2D eigenvalue weighted by Crippen LogP contribution is 2.35. The second kappa shape index (κ2) is 14.2. The molecule has 0 aliphatic carbocycles. The summed E-state index contributed by atoms with van der Waals surface area (Å²) >= 11 is 0. The second-order valence-corrected chi connectivity index (χ2v) is 12.2. The molecule has 2 amide bonds. The fraction of sp³-hybridized carbons (Fsp3) is 0.393. The molecule has 0 bridgehead atoms. The zero-order valence-electron chi connectivity index (χ0n) is 23.8. The lowest BCUT2D eigenvalue weighted by molar-refractivity contribution is -0.0984. The zero-order valence-corrected chi connectivity index (χ0v) is 24.6. The molecule has 1 aromatic heterocycles. The van der Waals surface area contributed by atoms with Crippen molar-refractivity contribution in [3.8, 4) is 17.2 Å². The van der Waals surface area contributed by atoms with E-state index < -0.39 is 28.3 Å². The normalized spacial score (nSPS) is 13.2. The van der Waals surface area contributed by atoms with Gasteiger partial charge in [-0.1, -0.05) is 26.0 Å². The van der Waals surface area contributed by atoms with Gasteiger partial charge in [0.15, 0.2) is 11.5 Å². The van der Waals surface area contributed by atoms with E-state index in [1.165, 1.54) is 22.5 Å². The third kappa shape index (κ3) is 8.59. The van der Waals surface area contributed by atoms with Crippen LogP contribution in [0.2, 0.25) is 0 Å². The molecule has 4 rings (SSSR count). The van der Waals surface area contributed by atoms with Crippen LogP contribution in [0.1, 0.15) is 25.8 Å². The molecule has 0 saturated heterocycles. The number of ether oxygens (including phenoxy) is 3. The van der Waals surface area contributed by atoms with Crippen molar-refractivity contribution < 1.29 is 42.5 Å². The molecule has 0 radical (unpaired) electrons. The Kier molecular flexibility index (Phi) is 10.4. The van der Waals surface area contributed by atoms with Crippen LogP contribution in [0.25, 0.3) is 0 Å². The molecule has 15 heteroatoms. The van der Waals surface area contributed by atoms with Gasteiger partial charge >= 0.3 is 12.2 Å². The Labute approximate surface area is 249 Å². The van der Waals surface area contributed by atoms with Gasteiger partial charge in [-0.25, -0.2) is 23.0 Å². The molecule has 2 aromatic carbocycles. The van der Waals surface area contributed by atoms with Crippen LogP contribution in [0.3, 0.4) is 0 Å². The first-order valence-electron chi connectivity index (χ1n) is 13.6. The van der Waals surface area contributed by atoms with Crippen LogP contribution in [-0.2, 0) is 23.0 Å². The van der Waals surface area contributed by atoms with Gasteiger partial charge in [0.05, 0.1) is 17.3 Å². The Morgan fingerprint density at radius 3 is 2.56 bits per heavy atom. The molecule has 3 aromatic rings. The van der Waals surface area contributed by atoms with E-state index in [9.17, 15) is 28.3 Å². The molecule has 1 aliphatic rings. The number of nitrogens with one attached hydrogen (secondary N) is 1. The van der Waals surface area contributed by atoms with E-state index in [-0.39, 0.29) is 54.4 Å². The Morgan fingerprint density at radius 1 is 1.14 bits per heavy atom. The fourth-order valence-corrected chi connectivity index (χ4v) is 6.11. The van der Waals surface area contributed by atoms with Gasteiger partial charge in [-0.2, -0.15) is 9.37 Å². The molecule has 0 fully saturated rings. The molecule has 0 spiro atoms. The molecular weight excluding hydrogens is 582 g/mol. The zero-order chi connectivity index (χ0) is 31.0. The van der Waals surface area contributed by atoms with Gasteiger partial charge in [0.2, 0.25) is 16.8 Å². The molecular formula is C28H35N5O9S. The summed E-state index contributed by atoms with van der Waals surface area (Å²) in [6.07, 6.45) is 2.95. The predicted octanol–water partition coefficient (Wildman–Crippen LogP) is 3.42. The fourth-order valence-electron chi connectivity index (χ4n) is 4.48. The van der Waals surface area contributed by atoms with Gasteiger partial charge in [-0.15, -0.1) is 0 Å². The number of carboxylic acid groups (broad SMARTS) is 1. The van der Waals surface area contributed by atoms with E-state index in [0.29, 0.717) is 30.2 Å². The first-order valence-corrected chi connectivity index (χ1v) is 15.1. The van der Waals surface area contributed by atoms with Crippen LogP contribution in [0.5, 0.6) is 17.2 Å². The minimum absolute atomic E-state index is 0.00497. The van der Waals surface area contributed by atoms with Crippen molar-refractivity contribution in [3.05, 3.63) is 66.7 Å². The summed E-state index contributed by atoms with van der Waals surface area (Å²) in [4.78, 5) is 27.7. The van der Waals surface area contributed by atoms with Crippen LogP contribution in [0.4, 0.5) is 9.59 Å². The smallest absolute Gasteiger partial charge is 0.431 e. The lowest BCUT2D eigenvalue weighted by atomic mass is 10.0. The van der Waals surface area contributed by atoms with E-state index >= 15 is 0 Å². The van der Waals surface area contributed by atoms with Crippen LogP contribution in [-0.4, -0.2) is 82.3 Å². The summed E-state index contributed by atoms with van der Waals surface area (Å²) < 4.78 is 46.1. The molecule has 3 N–H and O–H groups in total. The number of fused-ring (bicyclic) bond motifs is 1. The van der Waals surface area contributed by atoms with Gasteiger partial charge in [-0.05, 0) is 48.6 Å². The maximum absolute atomic E-state index is 13.6. The average Bonchev–Trinajstić information content (AvgIpc) is 3.66. The Hall–Kier alpha value is -4.34. The van der Waals surface area contributed by atoms with Crippen molar-refractivity contribution in [2.45, 2.75) is 44.2 Å². The largest absolute Gasteiger partial charge is 0.463 e. The summed E-state index contributed by atoms with van der Waals surface area (Å²) in [5.74, 6) is 1.03. The Morgan fingerprint density at radius 2 is 1.88 bits per heavy atom. The number of nitrogens with zero attached hydrogens (tertiary/aromatic N) is 4. The lowest BCUT2D eigenvalue weighted by Gasteiger charge is -2.28. The summed E-state index contributed by atoms with van der Waals surface area (Å²) in [5.41, 5.74) is 0.646. The number of hydroxylamine groups is 2. The number of carbonyl (C=O) groups is 2. The van der Waals surface area contributed by atoms with Gasteiger partial charge in [-0.3, -0.25) is 5.21 Å². The van der Waals surface area contributed by atoms with Crippen molar-refractivity contribution in [1.82, 2.24) is 24.2 Å². The van der Waals surface area contributed by atoms with Crippen molar-refractivity contribution in [1.29, 1.82) is 0 Å². The Bertz CT molecular complexity index is 1480. The molecule has 232 valence electrons. The van der Waals surface area contributed by atoms with Gasteiger partial charge in [0, 0.05) is 44.6 Å². The number of carbonyl (C=O) groups excluding carboxylic acids is 1. The van der Waals surface area contributed by atoms with E-state index in [1.54, 1.807) is 43.0 Å². The highest BCUT2D eigenvalue weighted by molar-refractivity contribution is 7.89. The van der Waals surface area contributed by atoms with Crippen LogP contribution >= 0.6 is 0 Å². The first kappa shape index (κ1) is 31.6. The molecule has 1 atom stereocenters. The molecule has 1 aliphatic heterocycles. The van der Waals surface area contributed by atoms with Gasteiger partial charge < -0.3 is 29.2 Å². The van der Waals surface area contributed by atoms with Crippen molar-refractivity contribution >= 4 is 22.2 Å². The molecule has 43 heavy (non-hydrogen) atoms. The number of amides is 2. The van der Waals surface area contributed by atoms with E-state index in [1.807, 2.05) is 18.4 Å².